The number of carboxylic acids is 1. The van der Waals surface area contributed by atoms with Gasteiger partial charge in [0.05, 0.1) is 22.7 Å². The molecule has 2 aromatic carbocycles. The van der Waals surface area contributed by atoms with Gasteiger partial charge in [0, 0.05) is 31.6 Å². The van der Waals surface area contributed by atoms with Crippen LogP contribution in [-0.4, -0.2) is 55.8 Å². The van der Waals surface area contributed by atoms with Crippen molar-refractivity contribution in [1.29, 1.82) is 0 Å². The van der Waals surface area contributed by atoms with Crippen LogP contribution in [0.25, 0.3) is 10.9 Å². The first-order chi connectivity index (χ1) is 15.5. The number of aliphatic carboxylic acids is 1. The predicted molar refractivity (Wildman–Crippen MR) is 120 cm³/mol. The lowest BCUT2D eigenvalue weighted by molar-refractivity contribution is -0.192. The molecule has 0 atom stereocenters. The summed E-state index contributed by atoms with van der Waals surface area (Å²) in [5, 5.41) is 11.5. The van der Waals surface area contributed by atoms with Crippen LogP contribution in [0.4, 0.5) is 18.9 Å². The van der Waals surface area contributed by atoms with Crippen molar-refractivity contribution >= 4 is 32.6 Å². The highest BCUT2D eigenvalue weighted by Gasteiger charge is 2.38. The summed E-state index contributed by atoms with van der Waals surface area (Å²) < 4.78 is 59.8. The Kier molecular flexibility index (Phi) is 7.33. The molecule has 3 aromatic rings. The summed E-state index contributed by atoms with van der Waals surface area (Å²) >= 11 is 0. The van der Waals surface area contributed by atoms with E-state index in [4.69, 9.17) is 9.90 Å². The van der Waals surface area contributed by atoms with Crippen molar-refractivity contribution in [2.24, 2.45) is 0 Å². The molecule has 1 aromatic heterocycles. The number of benzene rings is 2. The molecule has 0 unspecified atom stereocenters. The predicted octanol–water partition coefficient (Wildman–Crippen LogP) is 3.37. The third-order valence-corrected chi connectivity index (χ3v) is 6.90. The number of aromatic nitrogens is 1. The van der Waals surface area contributed by atoms with Gasteiger partial charge in [0.25, 0.3) is 0 Å². The number of halogens is 3. The van der Waals surface area contributed by atoms with E-state index in [9.17, 15) is 21.6 Å². The molecule has 1 fully saturated rings. The average molecular weight is 484 g/mol. The van der Waals surface area contributed by atoms with Gasteiger partial charge in [-0.15, -0.1) is 0 Å². The lowest BCUT2D eigenvalue weighted by Gasteiger charge is -2.29. The Bertz CT molecular complexity index is 1220. The molecule has 178 valence electrons. The molecule has 1 aliphatic rings. The molecule has 2 heterocycles. The van der Waals surface area contributed by atoms with Gasteiger partial charge in [0.15, 0.2) is 0 Å². The fourth-order valence-corrected chi connectivity index (χ4v) is 5.52. The highest BCUT2D eigenvalue weighted by molar-refractivity contribution is 7.89. The lowest BCUT2D eigenvalue weighted by atomic mass is 10.2. The third-order valence-electron chi connectivity index (χ3n) is 5.17. The normalized spacial score (nSPS) is 14.6. The number of rotatable bonds is 4. The number of carboxylic acid groups (broad SMARTS) is 1. The van der Waals surface area contributed by atoms with E-state index in [1.54, 1.807) is 0 Å². The second kappa shape index (κ2) is 9.84. The summed E-state index contributed by atoms with van der Waals surface area (Å²) in [6, 6.07) is 17.2. The SMILES string of the molecule is Cc1c(N2CCNCC2)c2ccccc2n1S(=O)(=O)Cc1ccccc1.O=C(O)C(F)(F)F. The maximum Gasteiger partial charge on any atom is 0.490 e. The van der Waals surface area contributed by atoms with Crippen molar-refractivity contribution in [3.8, 4) is 0 Å². The first-order valence-corrected chi connectivity index (χ1v) is 11.8. The van der Waals surface area contributed by atoms with E-state index in [1.165, 1.54) is 3.97 Å². The molecule has 11 heteroatoms. The number of fused-ring (bicyclic) bond motifs is 1. The number of carbonyl (C=O) groups is 1. The van der Waals surface area contributed by atoms with Crippen LogP contribution in [0, 0.1) is 6.92 Å². The van der Waals surface area contributed by atoms with Gasteiger partial charge in [-0.2, -0.15) is 13.2 Å². The van der Waals surface area contributed by atoms with Crippen LogP contribution in [0.1, 0.15) is 11.3 Å². The van der Waals surface area contributed by atoms with Gasteiger partial charge in [-0.1, -0.05) is 48.5 Å². The molecule has 0 amide bonds. The Morgan fingerprint density at radius 2 is 1.58 bits per heavy atom. The number of nitrogens with one attached hydrogen (secondary N) is 1. The van der Waals surface area contributed by atoms with Crippen LogP contribution in [-0.2, 0) is 20.6 Å². The Morgan fingerprint density at radius 1 is 1.03 bits per heavy atom. The molecule has 7 nitrogen and oxygen atoms in total. The number of nitrogens with zero attached hydrogens (tertiary/aromatic N) is 2. The van der Waals surface area contributed by atoms with Crippen LogP contribution < -0.4 is 10.2 Å². The second-order valence-electron chi connectivity index (χ2n) is 7.50. The largest absolute Gasteiger partial charge is 0.490 e. The molecule has 1 saturated heterocycles. The molecule has 1 aliphatic heterocycles. The minimum absolute atomic E-state index is 0.00561. The van der Waals surface area contributed by atoms with E-state index in [0.717, 1.165) is 54.0 Å². The molecular weight excluding hydrogens is 459 g/mol. The van der Waals surface area contributed by atoms with Gasteiger partial charge in [0.1, 0.15) is 0 Å². The number of alkyl halides is 3. The maximum atomic E-state index is 13.3. The zero-order valence-corrected chi connectivity index (χ0v) is 18.7. The summed E-state index contributed by atoms with van der Waals surface area (Å²) in [6.07, 6.45) is -5.08. The second-order valence-corrected chi connectivity index (χ2v) is 9.32. The Balaban J connectivity index is 0.000000383. The zero-order chi connectivity index (χ0) is 24.2. The van der Waals surface area contributed by atoms with Gasteiger partial charge in [0.2, 0.25) is 10.0 Å². The molecule has 0 spiro atoms. The van der Waals surface area contributed by atoms with Crippen LogP contribution in [0.5, 0.6) is 0 Å². The lowest BCUT2D eigenvalue weighted by Crippen LogP contribution is -2.43. The van der Waals surface area contributed by atoms with Crippen molar-refractivity contribution in [3.63, 3.8) is 0 Å². The molecule has 0 bridgehead atoms. The molecule has 4 rings (SSSR count). The Labute approximate surface area is 189 Å². The van der Waals surface area contributed by atoms with Crippen molar-refractivity contribution in [3.05, 3.63) is 65.9 Å². The smallest absolute Gasteiger partial charge is 0.475 e. The molecule has 2 N–H and O–H groups in total. The van der Waals surface area contributed by atoms with Crippen LogP contribution in [0.3, 0.4) is 0 Å². The van der Waals surface area contributed by atoms with Crippen molar-refractivity contribution < 1.29 is 31.5 Å². The van der Waals surface area contributed by atoms with Gasteiger partial charge in [-0.05, 0) is 18.6 Å². The highest BCUT2D eigenvalue weighted by atomic mass is 32.2. The van der Waals surface area contributed by atoms with Crippen molar-refractivity contribution in [2.75, 3.05) is 31.1 Å². The number of para-hydroxylation sites is 1. The molecule has 33 heavy (non-hydrogen) atoms. The first-order valence-electron chi connectivity index (χ1n) is 10.2. The number of hydrogen-bond acceptors (Lipinski definition) is 5. The molecule has 0 saturated carbocycles. The summed E-state index contributed by atoms with van der Waals surface area (Å²) in [6.45, 7) is 5.51. The van der Waals surface area contributed by atoms with Crippen molar-refractivity contribution in [2.45, 2.75) is 18.9 Å². The fourth-order valence-electron chi connectivity index (χ4n) is 3.82. The number of anilines is 1. The topological polar surface area (TPSA) is 91.6 Å². The molecular formula is C22H24F3N3O4S. The van der Waals surface area contributed by atoms with E-state index in [1.807, 2.05) is 61.5 Å². The van der Waals surface area contributed by atoms with E-state index in [0.29, 0.717) is 0 Å². The van der Waals surface area contributed by atoms with E-state index < -0.39 is 22.2 Å². The summed E-state index contributed by atoms with van der Waals surface area (Å²) in [5.41, 5.74) is 3.39. The zero-order valence-electron chi connectivity index (χ0n) is 17.8. The number of hydrogen-bond donors (Lipinski definition) is 2. The monoisotopic (exact) mass is 483 g/mol. The van der Waals surface area contributed by atoms with Gasteiger partial charge in [-0.25, -0.2) is 17.2 Å². The molecule has 0 aliphatic carbocycles. The summed E-state index contributed by atoms with van der Waals surface area (Å²) in [4.78, 5) is 11.2. The van der Waals surface area contributed by atoms with E-state index in [-0.39, 0.29) is 5.75 Å². The van der Waals surface area contributed by atoms with Crippen LogP contribution in [0.2, 0.25) is 0 Å². The van der Waals surface area contributed by atoms with Gasteiger partial charge in [-0.3, -0.25) is 0 Å². The van der Waals surface area contributed by atoms with Gasteiger partial charge < -0.3 is 15.3 Å². The Hall–Kier alpha value is -3.05. The Morgan fingerprint density at radius 3 is 2.15 bits per heavy atom. The first kappa shape index (κ1) is 24.6. The molecule has 0 radical (unpaired) electrons. The van der Waals surface area contributed by atoms with Crippen LogP contribution >= 0.6 is 0 Å². The van der Waals surface area contributed by atoms with Crippen LogP contribution in [0.15, 0.2) is 54.6 Å². The van der Waals surface area contributed by atoms with Crippen molar-refractivity contribution in [1.82, 2.24) is 9.29 Å². The minimum Gasteiger partial charge on any atom is -0.475 e. The summed E-state index contributed by atoms with van der Waals surface area (Å²) in [7, 11) is -3.51. The summed E-state index contributed by atoms with van der Waals surface area (Å²) in [5.74, 6) is -2.76. The van der Waals surface area contributed by atoms with E-state index >= 15 is 0 Å². The van der Waals surface area contributed by atoms with E-state index in [2.05, 4.69) is 10.2 Å². The maximum absolute atomic E-state index is 13.3. The quantitative estimate of drug-likeness (QED) is 0.591. The third kappa shape index (κ3) is 5.66. The van der Waals surface area contributed by atoms with Gasteiger partial charge >= 0.3 is 12.1 Å². The highest BCUT2D eigenvalue weighted by Crippen LogP contribution is 2.35. The minimum atomic E-state index is -5.08. The standard InChI is InChI=1S/C20H23N3O2S.C2HF3O2/c1-16-20(22-13-11-21-12-14-22)18-9-5-6-10-19(18)23(16)26(24,25)15-17-7-3-2-4-8-17;3-2(4,5)1(6)7/h2-10,21H,11-15H2,1H3;(H,6,7). The average Bonchev–Trinajstić information content (AvgIpc) is 3.07. The number of piperazine rings is 1. The fraction of sp³-hybridized carbons (Fsp3) is 0.318.